The number of pyridine rings is 1. The van der Waals surface area contributed by atoms with E-state index in [-0.39, 0.29) is 10.6 Å². The summed E-state index contributed by atoms with van der Waals surface area (Å²) in [4.78, 5) is 9.67. The van der Waals surface area contributed by atoms with Crippen LogP contribution < -0.4 is 9.30 Å². The predicted molar refractivity (Wildman–Crippen MR) is 91.7 cm³/mol. The maximum Gasteiger partial charge on any atom is 0.308 e. The van der Waals surface area contributed by atoms with Gasteiger partial charge in [-0.25, -0.2) is 17.7 Å². The Morgan fingerprint density at radius 3 is 2.19 bits per heavy atom. The van der Waals surface area contributed by atoms with Gasteiger partial charge in [-0.2, -0.15) is 4.57 Å². The van der Waals surface area contributed by atoms with Crippen molar-refractivity contribution < 1.29 is 27.2 Å². The smallest absolute Gasteiger partial charge is 0.308 e. The van der Waals surface area contributed by atoms with Crippen LogP contribution in [0.1, 0.15) is 5.56 Å². The van der Waals surface area contributed by atoms with Crippen LogP contribution in [-0.4, -0.2) is 22.5 Å². The second-order valence-electron chi connectivity index (χ2n) is 5.58. The molecule has 3 aromatic rings. The van der Waals surface area contributed by atoms with Crippen LogP contribution >= 0.6 is 0 Å². The van der Waals surface area contributed by atoms with Crippen LogP contribution in [0.5, 0.6) is 0 Å². The monoisotopic (exact) mass is 392 g/mol. The zero-order valence-electron chi connectivity index (χ0n) is 14.4. The first-order valence-electron chi connectivity index (χ1n) is 7.51. The largest absolute Gasteiger partial charge is 0.744 e. The molecule has 0 atom stereocenters. The van der Waals surface area contributed by atoms with Gasteiger partial charge >= 0.3 is 5.69 Å². The molecule has 0 spiro atoms. The highest BCUT2D eigenvalue weighted by Gasteiger charge is 2.14. The van der Waals surface area contributed by atoms with Crippen LogP contribution in [0.15, 0.2) is 66.2 Å². The van der Waals surface area contributed by atoms with Crippen molar-refractivity contribution in [3.8, 4) is 5.82 Å². The number of hydrogen-bond donors (Lipinski definition) is 0. The fourth-order valence-electron chi connectivity index (χ4n) is 2.06. The van der Waals surface area contributed by atoms with Crippen LogP contribution in [0.2, 0.25) is 0 Å². The van der Waals surface area contributed by atoms with Crippen LogP contribution in [0, 0.1) is 22.2 Å². The summed E-state index contributed by atoms with van der Waals surface area (Å²) >= 11 is 0. The lowest BCUT2D eigenvalue weighted by atomic mass is 10.2. The summed E-state index contributed by atoms with van der Waals surface area (Å²) in [6, 6.07) is 8.49. The van der Waals surface area contributed by atoms with Gasteiger partial charge in [-0.15, -0.1) is 0 Å². The molecule has 1 aromatic carbocycles. The van der Waals surface area contributed by atoms with Crippen LogP contribution in [0.4, 0.5) is 5.69 Å². The quantitative estimate of drug-likeness (QED) is 0.212. The number of rotatable bonds is 3. The summed E-state index contributed by atoms with van der Waals surface area (Å²) in [6.07, 6.45) is 6.09. The molecule has 0 amide bonds. The highest BCUT2D eigenvalue weighted by atomic mass is 32.2. The van der Waals surface area contributed by atoms with Gasteiger partial charge in [0.2, 0.25) is 0 Å². The summed E-state index contributed by atoms with van der Waals surface area (Å²) in [6.45, 7) is 1.82. The standard InChI is InChI=1S/C9H9N4O3.C7H8O3S/c1-10-4-5-11(7-10)9-3-2-8(13(15)16)6-12(9)14;1-6-2-4-7(5-3-6)11(8,9)10/h2-7H,1H3;2-5H,1H3,(H,8,9,10)/q+1;/p-1. The van der Waals surface area contributed by atoms with E-state index in [1.807, 2.05) is 14.0 Å². The highest BCUT2D eigenvalue weighted by Crippen LogP contribution is 2.10. The third-order valence-electron chi connectivity index (χ3n) is 3.43. The molecule has 0 aliphatic carbocycles. The van der Waals surface area contributed by atoms with Crippen molar-refractivity contribution in [3.63, 3.8) is 0 Å². The third-order valence-corrected chi connectivity index (χ3v) is 4.28. The van der Waals surface area contributed by atoms with Crippen molar-refractivity contribution in [1.29, 1.82) is 0 Å². The first-order chi connectivity index (χ1) is 12.6. The second kappa shape index (κ2) is 7.93. The van der Waals surface area contributed by atoms with Crippen LogP contribution in [0.3, 0.4) is 0 Å². The first kappa shape index (κ1) is 20.0. The van der Waals surface area contributed by atoms with Crippen molar-refractivity contribution in [1.82, 2.24) is 4.57 Å². The maximum absolute atomic E-state index is 11.5. The molecule has 0 saturated carbocycles. The fourth-order valence-corrected chi connectivity index (χ4v) is 2.53. The molecule has 27 heavy (non-hydrogen) atoms. The maximum atomic E-state index is 11.5. The van der Waals surface area contributed by atoms with Gasteiger partial charge in [0.15, 0.2) is 6.20 Å². The first-order valence-corrected chi connectivity index (χ1v) is 8.92. The molecule has 0 fully saturated rings. The topological polar surface area (TPSA) is 136 Å². The summed E-state index contributed by atoms with van der Waals surface area (Å²) in [5, 5.41) is 22.0. The summed E-state index contributed by atoms with van der Waals surface area (Å²) in [5.74, 6) is 0.311. The van der Waals surface area contributed by atoms with E-state index < -0.39 is 15.0 Å². The van der Waals surface area contributed by atoms with Gasteiger partial charge in [-0.05, 0) is 19.1 Å². The minimum atomic E-state index is -4.27. The molecule has 10 nitrogen and oxygen atoms in total. The second-order valence-corrected chi connectivity index (χ2v) is 6.96. The average Bonchev–Trinajstić information content (AvgIpc) is 3.01. The van der Waals surface area contributed by atoms with E-state index in [2.05, 4.69) is 0 Å². The molecule has 0 aliphatic heterocycles. The Morgan fingerprint density at radius 2 is 1.74 bits per heavy atom. The van der Waals surface area contributed by atoms with Crippen molar-refractivity contribution in [2.45, 2.75) is 11.8 Å². The Bertz CT molecular complexity index is 1060. The minimum Gasteiger partial charge on any atom is -0.744 e. The Balaban J connectivity index is 0.000000208. The molecule has 2 aromatic heterocycles. The molecule has 0 N–H and O–H groups in total. The van der Waals surface area contributed by atoms with Crippen molar-refractivity contribution in [2.24, 2.45) is 7.05 Å². The lowest BCUT2D eigenvalue weighted by molar-refractivity contribution is -0.671. The Hall–Kier alpha value is -3.31. The number of aryl methyl sites for hydroxylation is 2. The van der Waals surface area contributed by atoms with E-state index in [1.165, 1.54) is 24.3 Å². The number of aromatic nitrogens is 3. The van der Waals surface area contributed by atoms with Gasteiger partial charge in [-0.3, -0.25) is 10.1 Å². The summed E-state index contributed by atoms with van der Waals surface area (Å²) in [5.41, 5.74) is 0.702. The van der Waals surface area contributed by atoms with E-state index in [0.29, 0.717) is 10.5 Å². The van der Waals surface area contributed by atoms with Gasteiger partial charge in [-0.1, -0.05) is 17.7 Å². The van der Waals surface area contributed by atoms with E-state index in [0.717, 1.165) is 11.8 Å². The lowest BCUT2D eigenvalue weighted by Crippen LogP contribution is -2.32. The molecule has 0 bridgehead atoms. The number of imidazole rings is 1. The van der Waals surface area contributed by atoms with Gasteiger partial charge in [0.25, 0.3) is 12.1 Å². The van der Waals surface area contributed by atoms with Gasteiger partial charge in [0, 0.05) is 12.1 Å². The highest BCUT2D eigenvalue weighted by molar-refractivity contribution is 7.85. The number of hydrogen-bond acceptors (Lipinski definition) is 6. The van der Waals surface area contributed by atoms with Gasteiger partial charge in [0.05, 0.1) is 16.9 Å². The Kier molecular flexibility index (Phi) is 5.88. The molecule has 0 saturated heterocycles. The minimum absolute atomic E-state index is 0.178. The molecule has 0 unspecified atom stereocenters. The van der Waals surface area contributed by atoms with Gasteiger partial charge in [0.1, 0.15) is 22.5 Å². The SMILES string of the molecule is C[n+]1ccn(-c2ccc([N+](=O)[O-])c[n+]2[O-])c1.Cc1ccc(S(=O)(=O)[O-])cc1. The normalized spacial score (nSPS) is 10.8. The molecule has 11 heteroatoms. The van der Waals surface area contributed by atoms with Gasteiger partial charge < -0.3 is 9.76 Å². The zero-order valence-corrected chi connectivity index (χ0v) is 15.2. The average molecular weight is 392 g/mol. The zero-order chi connectivity index (χ0) is 20.2. The van der Waals surface area contributed by atoms with Crippen molar-refractivity contribution >= 4 is 15.8 Å². The predicted octanol–water partition coefficient (Wildman–Crippen LogP) is 0.743. The van der Waals surface area contributed by atoms with Crippen molar-refractivity contribution in [3.05, 3.63) is 82.2 Å². The van der Waals surface area contributed by atoms with E-state index >= 15 is 0 Å². The molecule has 142 valence electrons. The molecular formula is C16H16N4O6S. The van der Waals surface area contributed by atoms with E-state index in [4.69, 9.17) is 0 Å². The molecule has 3 rings (SSSR count). The molecular weight excluding hydrogens is 376 g/mol. The molecule has 0 aliphatic rings. The lowest BCUT2D eigenvalue weighted by Gasteiger charge is -2.05. The summed E-state index contributed by atoms with van der Waals surface area (Å²) < 4.78 is 35.0. The third kappa shape index (κ3) is 5.33. The van der Waals surface area contributed by atoms with Crippen LogP contribution in [0.25, 0.3) is 5.82 Å². The molecule has 2 heterocycles. The Morgan fingerprint density at radius 1 is 1.11 bits per heavy atom. The number of benzene rings is 1. The Labute approximate surface area is 155 Å². The number of nitro groups is 1. The molecule has 0 radical (unpaired) electrons. The number of nitrogens with zero attached hydrogens (tertiary/aromatic N) is 4. The van der Waals surface area contributed by atoms with E-state index in [1.54, 1.807) is 40.0 Å². The van der Waals surface area contributed by atoms with Crippen LogP contribution in [-0.2, 0) is 17.2 Å². The summed E-state index contributed by atoms with van der Waals surface area (Å²) in [7, 11) is -2.45. The van der Waals surface area contributed by atoms with E-state index in [9.17, 15) is 28.3 Å². The fraction of sp³-hybridized carbons (Fsp3) is 0.125. The van der Waals surface area contributed by atoms with Crippen molar-refractivity contribution in [2.75, 3.05) is 0 Å².